The predicted octanol–water partition coefficient (Wildman–Crippen LogP) is 4.73. The Kier molecular flexibility index (Phi) is 8.82. The van der Waals surface area contributed by atoms with Crippen LogP contribution in [0, 0.1) is 0 Å². The Morgan fingerprint density at radius 2 is 1.79 bits per heavy atom. The molecule has 0 bridgehead atoms. The summed E-state index contributed by atoms with van der Waals surface area (Å²) in [7, 11) is 0. The van der Waals surface area contributed by atoms with Gasteiger partial charge in [-0.2, -0.15) is 0 Å². The first-order valence-electron chi connectivity index (χ1n) is 9.90. The summed E-state index contributed by atoms with van der Waals surface area (Å²) in [4.78, 5) is 12.6. The summed E-state index contributed by atoms with van der Waals surface area (Å²) in [6.45, 7) is 10.1. The lowest BCUT2D eigenvalue weighted by atomic mass is 10.1. The molecule has 0 aromatic heterocycles. The van der Waals surface area contributed by atoms with E-state index in [0.717, 1.165) is 17.5 Å². The molecule has 0 unspecified atom stereocenters. The van der Waals surface area contributed by atoms with Gasteiger partial charge >= 0.3 is 0 Å². The number of hydrogen-bond acceptors (Lipinski definition) is 4. The van der Waals surface area contributed by atoms with Crippen LogP contribution in [0.5, 0.6) is 11.5 Å². The smallest absolute Gasteiger partial charge is 0.251 e. The number of carbonyl (C=O) groups excluding carboxylic acids is 1. The molecule has 0 radical (unpaired) electrons. The first kappa shape index (κ1) is 21.8. The monoisotopic (exact) mass is 385 g/mol. The van der Waals surface area contributed by atoms with Crippen LogP contribution in [0.4, 0.5) is 0 Å². The average Bonchev–Trinajstić information content (AvgIpc) is 2.70. The van der Waals surface area contributed by atoms with E-state index in [1.165, 1.54) is 0 Å². The second-order valence-electron chi connectivity index (χ2n) is 6.81. The molecule has 2 rings (SSSR count). The number of rotatable bonds is 11. The van der Waals surface area contributed by atoms with Crippen molar-refractivity contribution in [3.8, 4) is 11.5 Å². The minimum Gasteiger partial charge on any atom is -0.490 e. The fourth-order valence-corrected chi connectivity index (χ4v) is 2.63. The van der Waals surface area contributed by atoms with Gasteiger partial charge in [-0.15, -0.1) is 0 Å². The Bertz CT molecular complexity index is 758. The maximum absolute atomic E-state index is 12.6. The van der Waals surface area contributed by atoms with Crippen LogP contribution in [0.15, 0.2) is 42.5 Å². The summed E-state index contributed by atoms with van der Waals surface area (Å²) in [5.41, 5.74) is 2.68. The van der Waals surface area contributed by atoms with Gasteiger partial charge in [-0.05, 0) is 56.5 Å². The lowest BCUT2D eigenvalue weighted by molar-refractivity contribution is 0.0657. The number of ether oxygens (including phenoxy) is 3. The molecule has 0 saturated carbocycles. The molecular formula is C23H31NO4. The molecule has 0 spiro atoms. The predicted molar refractivity (Wildman–Crippen MR) is 111 cm³/mol. The molecule has 0 saturated heterocycles. The van der Waals surface area contributed by atoms with Crippen LogP contribution in [0.1, 0.15) is 55.6 Å². The summed E-state index contributed by atoms with van der Waals surface area (Å²) in [6, 6.07) is 13.3. The standard InChI is InChI=1S/C23H31NO4/c1-5-12-27-21-11-10-20(14-22(21)26-6-2)23(25)24-15-18-8-7-9-19(13-18)16-28-17(3)4/h7-11,13-14,17H,5-6,12,15-16H2,1-4H3,(H,24,25). The average molecular weight is 386 g/mol. The first-order valence-corrected chi connectivity index (χ1v) is 9.90. The summed E-state index contributed by atoms with van der Waals surface area (Å²) in [5, 5.41) is 2.96. The molecule has 0 atom stereocenters. The van der Waals surface area contributed by atoms with Crippen LogP contribution in [0.25, 0.3) is 0 Å². The van der Waals surface area contributed by atoms with Crippen molar-refractivity contribution in [3.05, 3.63) is 59.2 Å². The Hall–Kier alpha value is -2.53. The molecule has 2 aromatic rings. The fraction of sp³-hybridized carbons (Fsp3) is 0.435. The van der Waals surface area contributed by atoms with E-state index in [0.29, 0.717) is 43.4 Å². The molecule has 0 heterocycles. The van der Waals surface area contributed by atoms with E-state index >= 15 is 0 Å². The second kappa shape index (κ2) is 11.3. The molecule has 2 aromatic carbocycles. The van der Waals surface area contributed by atoms with Gasteiger partial charge in [-0.1, -0.05) is 31.2 Å². The summed E-state index contributed by atoms with van der Waals surface area (Å²) in [5.74, 6) is 1.11. The first-order chi connectivity index (χ1) is 13.5. The van der Waals surface area contributed by atoms with E-state index in [1.807, 2.05) is 45.9 Å². The lowest BCUT2D eigenvalue weighted by Gasteiger charge is -2.13. The third kappa shape index (κ3) is 6.89. The minimum atomic E-state index is -0.146. The highest BCUT2D eigenvalue weighted by Crippen LogP contribution is 2.28. The van der Waals surface area contributed by atoms with Crippen LogP contribution in [0.3, 0.4) is 0 Å². The Balaban J connectivity index is 2.00. The molecule has 5 heteroatoms. The summed E-state index contributed by atoms with van der Waals surface area (Å²) in [6.07, 6.45) is 1.10. The van der Waals surface area contributed by atoms with Crippen LogP contribution >= 0.6 is 0 Å². The second-order valence-corrected chi connectivity index (χ2v) is 6.81. The van der Waals surface area contributed by atoms with Gasteiger partial charge in [0, 0.05) is 12.1 Å². The number of benzene rings is 2. The van der Waals surface area contributed by atoms with Crippen molar-refractivity contribution in [2.75, 3.05) is 13.2 Å². The Morgan fingerprint density at radius 3 is 2.50 bits per heavy atom. The minimum absolute atomic E-state index is 0.146. The number of hydrogen-bond donors (Lipinski definition) is 1. The summed E-state index contributed by atoms with van der Waals surface area (Å²) < 4.78 is 17.0. The topological polar surface area (TPSA) is 56.8 Å². The lowest BCUT2D eigenvalue weighted by Crippen LogP contribution is -2.23. The molecule has 0 fully saturated rings. The van der Waals surface area contributed by atoms with Crippen molar-refractivity contribution in [1.29, 1.82) is 0 Å². The molecule has 1 amide bonds. The quantitative estimate of drug-likeness (QED) is 0.608. The largest absolute Gasteiger partial charge is 0.490 e. The highest BCUT2D eigenvalue weighted by molar-refractivity contribution is 5.94. The fourth-order valence-electron chi connectivity index (χ4n) is 2.63. The van der Waals surface area contributed by atoms with Crippen LogP contribution < -0.4 is 14.8 Å². The van der Waals surface area contributed by atoms with E-state index < -0.39 is 0 Å². The van der Waals surface area contributed by atoms with Crippen molar-refractivity contribution >= 4 is 5.91 Å². The van der Waals surface area contributed by atoms with Gasteiger partial charge in [0.2, 0.25) is 0 Å². The van der Waals surface area contributed by atoms with E-state index in [-0.39, 0.29) is 12.0 Å². The van der Waals surface area contributed by atoms with Crippen molar-refractivity contribution in [2.45, 2.75) is 53.4 Å². The van der Waals surface area contributed by atoms with E-state index in [1.54, 1.807) is 18.2 Å². The number of amides is 1. The SMILES string of the molecule is CCCOc1ccc(C(=O)NCc2cccc(COC(C)C)c2)cc1OCC. The van der Waals surface area contributed by atoms with Gasteiger partial charge in [-0.25, -0.2) is 0 Å². The molecule has 0 aliphatic heterocycles. The Labute approximate surface area is 168 Å². The van der Waals surface area contributed by atoms with E-state index in [2.05, 4.69) is 11.4 Å². The zero-order valence-corrected chi connectivity index (χ0v) is 17.3. The van der Waals surface area contributed by atoms with E-state index in [9.17, 15) is 4.79 Å². The van der Waals surface area contributed by atoms with Crippen LogP contribution in [-0.2, 0) is 17.9 Å². The van der Waals surface area contributed by atoms with Gasteiger partial charge in [0.1, 0.15) is 0 Å². The molecule has 0 aliphatic carbocycles. The van der Waals surface area contributed by atoms with Crippen LogP contribution in [-0.4, -0.2) is 25.2 Å². The third-order valence-electron chi connectivity index (χ3n) is 4.00. The molecule has 0 aliphatic rings. The third-order valence-corrected chi connectivity index (χ3v) is 4.00. The van der Waals surface area contributed by atoms with Gasteiger partial charge in [0.25, 0.3) is 5.91 Å². The van der Waals surface area contributed by atoms with Gasteiger partial charge < -0.3 is 19.5 Å². The van der Waals surface area contributed by atoms with Gasteiger partial charge in [0.15, 0.2) is 11.5 Å². The zero-order chi connectivity index (χ0) is 20.4. The van der Waals surface area contributed by atoms with Crippen molar-refractivity contribution in [3.63, 3.8) is 0 Å². The molecule has 152 valence electrons. The molecule has 5 nitrogen and oxygen atoms in total. The van der Waals surface area contributed by atoms with Gasteiger partial charge in [0.05, 0.1) is 25.9 Å². The molecule has 28 heavy (non-hydrogen) atoms. The Morgan fingerprint density at radius 1 is 1.00 bits per heavy atom. The van der Waals surface area contributed by atoms with Crippen molar-refractivity contribution in [1.82, 2.24) is 5.32 Å². The van der Waals surface area contributed by atoms with Crippen molar-refractivity contribution in [2.24, 2.45) is 0 Å². The maximum atomic E-state index is 12.6. The highest BCUT2D eigenvalue weighted by Gasteiger charge is 2.12. The number of nitrogens with one attached hydrogen (secondary N) is 1. The van der Waals surface area contributed by atoms with Gasteiger partial charge in [-0.3, -0.25) is 4.79 Å². The van der Waals surface area contributed by atoms with Crippen molar-refractivity contribution < 1.29 is 19.0 Å². The normalized spacial score (nSPS) is 10.8. The highest BCUT2D eigenvalue weighted by atomic mass is 16.5. The molecule has 1 N–H and O–H groups in total. The zero-order valence-electron chi connectivity index (χ0n) is 17.3. The summed E-state index contributed by atoms with van der Waals surface area (Å²) >= 11 is 0. The van der Waals surface area contributed by atoms with E-state index in [4.69, 9.17) is 14.2 Å². The molecular weight excluding hydrogens is 354 g/mol. The van der Waals surface area contributed by atoms with Crippen LogP contribution in [0.2, 0.25) is 0 Å². The maximum Gasteiger partial charge on any atom is 0.251 e. The number of carbonyl (C=O) groups is 1.